The standard InChI is InChI=1S/C19H28N2O5/c1-18(2,3)26-17(23)21-11-10-19(13-21,14-24-4)20-16(22)25-12-15-8-6-5-7-9-15/h5-9H,10-14H2,1-4H3,(H,20,22)/t19-/m0/s1. The zero-order chi connectivity index (χ0) is 19.2. The molecular weight excluding hydrogens is 336 g/mol. The van der Waals surface area contributed by atoms with E-state index >= 15 is 0 Å². The van der Waals surface area contributed by atoms with Crippen LogP contribution in [0.2, 0.25) is 0 Å². The van der Waals surface area contributed by atoms with Gasteiger partial charge in [0.2, 0.25) is 0 Å². The molecule has 7 nitrogen and oxygen atoms in total. The van der Waals surface area contributed by atoms with Crippen molar-refractivity contribution < 1.29 is 23.8 Å². The molecule has 1 aliphatic heterocycles. The molecule has 2 amide bonds. The second-order valence-electron chi connectivity index (χ2n) is 7.55. The summed E-state index contributed by atoms with van der Waals surface area (Å²) in [7, 11) is 1.56. The first kappa shape index (κ1) is 20.0. The van der Waals surface area contributed by atoms with Gasteiger partial charge in [-0.05, 0) is 32.8 Å². The van der Waals surface area contributed by atoms with Crippen molar-refractivity contribution in [1.29, 1.82) is 0 Å². The Balaban J connectivity index is 1.93. The Kier molecular flexibility index (Phi) is 6.47. The van der Waals surface area contributed by atoms with Gasteiger partial charge in [-0.3, -0.25) is 0 Å². The Bertz CT molecular complexity index is 614. The predicted molar refractivity (Wildman–Crippen MR) is 96.8 cm³/mol. The summed E-state index contributed by atoms with van der Waals surface area (Å²) >= 11 is 0. The van der Waals surface area contributed by atoms with Crippen LogP contribution in [0.4, 0.5) is 9.59 Å². The first-order valence-electron chi connectivity index (χ1n) is 8.69. The second kappa shape index (κ2) is 8.40. The molecule has 0 bridgehead atoms. The maximum Gasteiger partial charge on any atom is 0.410 e. The number of hydrogen-bond acceptors (Lipinski definition) is 5. The summed E-state index contributed by atoms with van der Waals surface area (Å²) in [6.07, 6.45) is -0.354. The van der Waals surface area contributed by atoms with Crippen molar-refractivity contribution >= 4 is 12.2 Å². The van der Waals surface area contributed by atoms with Crippen molar-refractivity contribution in [3.8, 4) is 0 Å². The highest BCUT2D eigenvalue weighted by Gasteiger charge is 2.43. The van der Waals surface area contributed by atoms with Crippen molar-refractivity contribution in [2.45, 2.75) is 44.9 Å². The average Bonchev–Trinajstić information content (AvgIpc) is 2.97. The normalized spacial score (nSPS) is 19.9. The van der Waals surface area contributed by atoms with E-state index in [2.05, 4.69) is 5.32 Å². The molecule has 0 unspecified atom stereocenters. The van der Waals surface area contributed by atoms with Crippen LogP contribution in [0, 0.1) is 0 Å². The molecule has 144 valence electrons. The highest BCUT2D eigenvalue weighted by atomic mass is 16.6. The molecule has 0 spiro atoms. The van der Waals surface area contributed by atoms with Gasteiger partial charge in [-0.15, -0.1) is 0 Å². The largest absolute Gasteiger partial charge is 0.445 e. The van der Waals surface area contributed by atoms with Crippen LogP contribution in [0.15, 0.2) is 30.3 Å². The van der Waals surface area contributed by atoms with E-state index in [1.165, 1.54) is 0 Å². The molecule has 1 aromatic rings. The maximum absolute atomic E-state index is 12.3. The molecule has 26 heavy (non-hydrogen) atoms. The molecular formula is C19H28N2O5. The zero-order valence-electron chi connectivity index (χ0n) is 15.9. The van der Waals surface area contributed by atoms with Gasteiger partial charge in [0.1, 0.15) is 12.2 Å². The maximum atomic E-state index is 12.3. The van der Waals surface area contributed by atoms with Gasteiger partial charge in [-0.1, -0.05) is 30.3 Å². The molecule has 1 saturated heterocycles. The molecule has 1 N–H and O–H groups in total. The number of benzene rings is 1. The molecule has 1 aliphatic rings. The lowest BCUT2D eigenvalue weighted by atomic mass is 10.0. The fourth-order valence-corrected chi connectivity index (χ4v) is 2.86. The first-order chi connectivity index (χ1) is 12.2. The number of amides is 2. The van der Waals surface area contributed by atoms with Gasteiger partial charge in [-0.2, -0.15) is 0 Å². The van der Waals surface area contributed by atoms with Crippen molar-refractivity contribution in [3.05, 3.63) is 35.9 Å². The van der Waals surface area contributed by atoms with Gasteiger partial charge >= 0.3 is 12.2 Å². The third-order valence-corrected chi connectivity index (χ3v) is 4.01. The van der Waals surface area contributed by atoms with Gasteiger partial charge in [-0.25, -0.2) is 9.59 Å². The molecule has 0 saturated carbocycles. The van der Waals surface area contributed by atoms with E-state index in [0.29, 0.717) is 19.5 Å². The zero-order valence-corrected chi connectivity index (χ0v) is 15.9. The molecule has 2 rings (SSSR count). The van der Waals surface area contributed by atoms with Crippen molar-refractivity contribution in [2.24, 2.45) is 0 Å². The van der Waals surface area contributed by atoms with E-state index in [9.17, 15) is 9.59 Å². The number of hydrogen-bond donors (Lipinski definition) is 1. The molecule has 7 heteroatoms. The smallest absolute Gasteiger partial charge is 0.410 e. The summed E-state index contributed by atoms with van der Waals surface area (Å²) in [6.45, 7) is 6.74. The minimum absolute atomic E-state index is 0.186. The summed E-state index contributed by atoms with van der Waals surface area (Å²) < 4.78 is 16.0. The summed E-state index contributed by atoms with van der Waals surface area (Å²) in [5, 5.41) is 2.88. The SMILES string of the molecule is COC[C@]1(NC(=O)OCc2ccccc2)CCN(C(=O)OC(C)(C)C)C1. The Hall–Kier alpha value is -2.28. The molecule has 0 radical (unpaired) electrons. The molecule has 0 aromatic heterocycles. The molecule has 1 aromatic carbocycles. The van der Waals surface area contributed by atoms with E-state index in [1.54, 1.807) is 12.0 Å². The van der Waals surface area contributed by atoms with E-state index in [1.807, 2.05) is 51.1 Å². The highest BCUT2D eigenvalue weighted by molar-refractivity contribution is 5.71. The summed E-state index contributed by atoms with van der Waals surface area (Å²) in [5.41, 5.74) is -0.337. The second-order valence-corrected chi connectivity index (χ2v) is 7.55. The minimum Gasteiger partial charge on any atom is -0.445 e. The number of carbonyl (C=O) groups is 2. The van der Waals surface area contributed by atoms with Gasteiger partial charge < -0.3 is 24.4 Å². The van der Waals surface area contributed by atoms with Gasteiger partial charge in [0.25, 0.3) is 0 Å². The highest BCUT2D eigenvalue weighted by Crippen LogP contribution is 2.24. The van der Waals surface area contributed by atoms with Crippen molar-refractivity contribution in [2.75, 3.05) is 26.8 Å². The number of nitrogens with zero attached hydrogens (tertiary/aromatic N) is 1. The van der Waals surface area contributed by atoms with E-state index in [4.69, 9.17) is 14.2 Å². The van der Waals surface area contributed by atoms with Gasteiger partial charge in [0.05, 0.1) is 12.1 Å². The van der Waals surface area contributed by atoms with Crippen molar-refractivity contribution in [3.63, 3.8) is 0 Å². The molecule has 1 heterocycles. The number of nitrogens with one attached hydrogen (secondary N) is 1. The summed E-state index contributed by atoms with van der Waals surface area (Å²) in [5.74, 6) is 0. The Morgan fingerprint density at radius 1 is 1.23 bits per heavy atom. The summed E-state index contributed by atoms with van der Waals surface area (Å²) in [4.78, 5) is 26.1. The Morgan fingerprint density at radius 3 is 2.54 bits per heavy atom. The van der Waals surface area contributed by atoms with Gasteiger partial charge in [0, 0.05) is 20.2 Å². The minimum atomic E-state index is -0.681. The molecule has 1 atom stereocenters. The quantitative estimate of drug-likeness (QED) is 0.869. The molecule has 0 aliphatic carbocycles. The fraction of sp³-hybridized carbons (Fsp3) is 0.579. The van der Waals surface area contributed by atoms with E-state index < -0.39 is 23.3 Å². The first-order valence-corrected chi connectivity index (χ1v) is 8.69. The third kappa shape index (κ3) is 5.91. The topological polar surface area (TPSA) is 77.1 Å². The lowest BCUT2D eigenvalue weighted by Gasteiger charge is -2.30. The van der Waals surface area contributed by atoms with Crippen LogP contribution in [0.25, 0.3) is 0 Å². The fourth-order valence-electron chi connectivity index (χ4n) is 2.86. The predicted octanol–water partition coefficient (Wildman–Crippen LogP) is 2.94. The number of alkyl carbamates (subject to hydrolysis) is 1. The number of ether oxygens (including phenoxy) is 3. The van der Waals surface area contributed by atoms with Crippen LogP contribution in [-0.2, 0) is 20.8 Å². The Labute approximate surface area is 154 Å². The van der Waals surface area contributed by atoms with E-state index in [-0.39, 0.29) is 13.2 Å². The van der Waals surface area contributed by atoms with Crippen LogP contribution in [0.1, 0.15) is 32.8 Å². The number of carbonyl (C=O) groups excluding carboxylic acids is 2. The van der Waals surface area contributed by atoms with Crippen LogP contribution in [-0.4, -0.2) is 55.0 Å². The van der Waals surface area contributed by atoms with Crippen LogP contribution >= 0.6 is 0 Å². The Morgan fingerprint density at radius 2 is 1.92 bits per heavy atom. The number of rotatable bonds is 5. The average molecular weight is 364 g/mol. The van der Waals surface area contributed by atoms with Gasteiger partial charge in [0.15, 0.2) is 0 Å². The third-order valence-electron chi connectivity index (χ3n) is 4.01. The summed E-state index contributed by atoms with van der Waals surface area (Å²) in [6, 6.07) is 9.45. The van der Waals surface area contributed by atoms with E-state index in [0.717, 1.165) is 5.56 Å². The number of methoxy groups -OCH3 is 1. The molecule has 1 fully saturated rings. The lowest BCUT2D eigenvalue weighted by molar-refractivity contribution is 0.0258. The van der Waals surface area contributed by atoms with Crippen molar-refractivity contribution in [1.82, 2.24) is 10.2 Å². The number of likely N-dealkylation sites (tertiary alicyclic amines) is 1. The lowest BCUT2D eigenvalue weighted by Crippen LogP contribution is -2.54. The van der Waals surface area contributed by atoms with Crippen LogP contribution in [0.5, 0.6) is 0 Å². The van der Waals surface area contributed by atoms with Crippen LogP contribution in [0.3, 0.4) is 0 Å². The van der Waals surface area contributed by atoms with Crippen LogP contribution < -0.4 is 5.32 Å². The monoisotopic (exact) mass is 364 g/mol.